The zero-order chi connectivity index (χ0) is 15.5. The lowest BCUT2D eigenvalue weighted by Crippen LogP contribution is -1.89. The highest BCUT2D eigenvalue weighted by Gasteiger charge is 2.07. The Kier molecular flexibility index (Phi) is 4.18. The molecule has 0 aliphatic carbocycles. The molecule has 0 aliphatic rings. The predicted octanol–water partition coefficient (Wildman–Crippen LogP) is 4.18. The molecule has 0 atom stereocenters. The lowest BCUT2D eigenvalue weighted by molar-refractivity contribution is 0.451. The molecule has 0 bridgehead atoms. The zero-order valence-corrected chi connectivity index (χ0v) is 12.9. The Morgan fingerprint density at radius 1 is 1.05 bits per heavy atom. The van der Waals surface area contributed by atoms with Crippen LogP contribution in [0.15, 0.2) is 53.3 Å². The van der Waals surface area contributed by atoms with Gasteiger partial charge in [0.25, 0.3) is 0 Å². The topological polar surface area (TPSA) is 62.3 Å². The summed E-state index contributed by atoms with van der Waals surface area (Å²) in [6, 6.07) is 14.6. The van der Waals surface area contributed by atoms with Gasteiger partial charge in [-0.05, 0) is 42.0 Å². The van der Waals surface area contributed by atoms with Crippen molar-refractivity contribution in [3.63, 3.8) is 0 Å². The molecule has 2 aromatic carbocycles. The van der Waals surface area contributed by atoms with Gasteiger partial charge in [-0.2, -0.15) is 0 Å². The number of nitrogens with one attached hydrogen (secondary N) is 1. The van der Waals surface area contributed by atoms with E-state index in [-0.39, 0.29) is 10.8 Å². The molecule has 2 N–H and O–H groups in total. The Balaban J connectivity index is 1.71. The lowest BCUT2D eigenvalue weighted by Gasteiger charge is -2.06. The molecule has 6 heteroatoms. The molecule has 1 aromatic heterocycles. The summed E-state index contributed by atoms with van der Waals surface area (Å²) >= 11 is 6.84. The van der Waals surface area contributed by atoms with Crippen molar-refractivity contribution in [1.82, 2.24) is 4.98 Å². The smallest absolute Gasteiger partial charge is 0.307 e. The molecule has 0 radical (unpaired) electrons. The number of aromatic hydroxyl groups is 1. The number of aromatic amines is 1. The first-order chi connectivity index (χ1) is 10.6. The van der Waals surface area contributed by atoms with E-state index in [0.29, 0.717) is 27.8 Å². The Morgan fingerprint density at radius 2 is 1.64 bits per heavy atom. The summed E-state index contributed by atoms with van der Waals surface area (Å²) in [5.41, 5.74) is 0.981. The van der Waals surface area contributed by atoms with Crippen LogP contribution in [-0.4, -0.2) is 10.1 Å². The molecular weight excluding hydrogens is 322 g/mol. The number of ether oxygens (including phenoxy) is 1. The van der Waals surface area contributed by atoms with Crippen LogP contribution in [0.1, 0.15) is 10.4 Å². The molecule has 3 aromatic rings. The molecule has 0 saturated carbocycles. The van der Waals surface area contributed by atoms with E-state index in [1.165, 1.54) is 0 Å². The van der Waals surface area contributed by atoms with Crippen molar-refractivity contribution < 1.29 is 9.84 Å². The van der Waals surface area contributed by atoms with Crippen LogP contribution >= 0.6 is 22.9 Å². The maximum atomic E-state index is 11.2. The van der Waals surface area contributed by atoms with Crippen LogP contribution in [0.5, 0.6) is 17.4 Å². The van der Waals surface area contributed by atoms with Gasteiger partial charge in [-0.1, -0.05) is 35.1 Å². The predicted molar refractivity (Wildman–Crippen MR) is 87.4 cm³/mol. The van der Waals surface area contributed by atoms with E-state index in [2.05, 4.69) is 4.98 Å². The molecule has 4 nitrogen and oxygen atoms in total. The quantitative estimate of drug-likeness (QED) is 0.753. The summed E-state index contributed by atoms with van der Waals surface area (Å²) in [5.74, 6) is 1.35. The number of aromatic nitrogens is 1. The lowest BCUT2D eigenvalue weighted by atomic mass is 10.1. The Bertz CT molecular complexity index is 822. The number of benzene rings is 2. The van der Waals surface area contributed by atoms with Gasteiger partial charge in [0.1, 0.15) is 11.5 Å². The first-order valence-corrected chi connectivity index (χ1v) is 7.73. The summed E-state index contributed by atoms with van der Waals surface area (Å²) in [7, 11) is 0. The number of hydrogen-bond acceptors (Lipinski definition) is 4. The van der Waals surface area contributed by atoms with Crippen molar-refractivity contribution in [2.75, 3.05) is 0 Å². The summed E-state index contributed by atoms with van der Waals surface area (Å²) in [5, 5.41) is 10.2. The molecule has 0 unspecified atom stereocenters. The van der Waals surface area contributed by atoms with Gasteiger partial charge in [0.2, 0.25) is 5.88 Å². The van der Waals surface area contributed by atoms with Crippen LogP contribution in [-0.2, 0) is 6.42 Å². The number of H-pyrrole nitrogens is 1. The molecule has 0 spiro atoms. The van der Waals surface area contributed by atoms with E-state index in [4.69, 9.17) is 16.3 Å². The van der Waals surface area contributed by atoms with E-state index in [0.717, 1.165) is 16.9 Å². The molecule has 0 amide bonds. The standard InChI is InChI=1S/C16H12ClNO3S/c17-11-3-7-13(8-4-11)21-12-5-1-10(2-6-12)9-14-15(19)18-16(20)22-14/h1-8,19H,9H2,(H,18,20). The van der Waals surface area contributed by atoms with Gasteiger partial charge in [0, 0.05) is 11.4 Å². The highest BCUT2D eigenvalue weighted by atomic mass is 35.5. The molecule has 22 heavy (non-hydrogen) atoms. The van der Waals surface area contributed by atoms with Crippen molar-refractivity contribution in [2.45, 2.75) is 6.42 Å². The molecule has 3 rings (SSSR count). The van der Waals surface area contributed by atoms with Gasteiger partial charge in [-0.25, -0.2) is 0 Å². The number of thiazole rings is 1. The summed E-state index contributed by atoms with van der Waals surface area (Å²) in [4.78, 5) is 13.9. The fourth-order valence-corrected chi connectivity index (χ4v) is 2.86. The zero-order valence-electron chi connectivity index (χ0n) is 11.4. The van der Waals surface area contributed by atoms with Gasteiger partial charge in [-0.15, -0.1) is 0 Å². The van der Waals surface area contributed by atoms with Crippen molar-refractivity contribution >= 4 is 22.9 Å². The minimum atomic E-state index is -0.254. The average molecular weight is 334 g/mol. The molecule has 0 aliphatic heterocycles. The summed E-state index contributed by atoms with van der Waals surface area (Å²) in [6.45, 7) is 0. The van der Waals surface area contributed by atoms with Crippen LogP contribution in [0.2, 0.25) is 5.02 Å². The van der Waals surface area contributed by atoms with Crippen LogP contribution in [0, 0.1) is 0 Å². The van der Waals surface area contributed by atoms with Crippen molar-refractivity contribution in [2.24, 2.45) is 0 Å². The minimum Gasteiger partial charge on any atom is -0.494 e. The third-order valence-electron chi connectivity index (χ3n) is 3.04. The average Bonchev–Trinajstić information content (AvgIpc) is 2.81. The van der Waals surface area contributed by atoms with Crippen LogP contribution in [0.25, 0.3) is 0 Å². The molecule has 0 saturated heterocycles. The van der Waals surface area contributed by atoms with Crippen molar-refractivity contribution in [3.8, 4) is 17.4 Å². The first kappa shape index (κ1) is 14.7. The number of hydrogen-bond donors (Lipinski definition) is 2. The Labute approximate surface area is 135 Å². The minimum absolute atomic E-state index is 0.0588. The highest BCUT2D eigenvalue weighted by Crippen LogP contribution is 2.25. The largest absolute Gasteiger partial charge is 0.494 e. The maximum Gasteiger partial charge on any atom is 0.307 e. The normalized spacial score (nSPS) is 10.6. The van der Waals surface area contributed by atoms with Gasteiger partial charge in [-0.3, -0.25) is 9.78 Å². The van der Waals surface area contributed by atoms with Crippen LogP contribution in [0.4, 0.5) is 0 Å². The van der Waals surface area contributed by atoms with E-state index >= 15 is 0 Å². The van der Waals surface area contributed by atoms with Gasteiger partial charge in [0.05, 0.1) is 4.88 Å². The monoisotopic (exact) mass is 333 g/mol. The summed E-state index contributed by atoms with van der Waals surface area (Å²) < 4.78 is 5.70. The third-order valence-corrected chi connectivity index (χ3v) is 4.16. The molecule has 112 valence electrons. The van der Waals surface area contributed by atoms with Gasteiger partial charge < -0.3 is 9.84 Å². The second-order valence-electron chi connectivity index (χ2n) is 4.66. The fourth-order valence-electron chi connectivity index (χ4n) is 1.97. The number of rotatable bonds is 4. The molecule has 0 fully saturated rings. The maximum absolute atomic E-state index is 11.2. The third kappa shape index (κ3) is 3.50. The summed E-state index contributed by atoms with van der Waals surface area (Å²) in [6.07, 6.45) is 0.496. The SMILES string of the molecule is O=c1[nH]c(O)c(Cc2ccc(Oc3ccc(Cl)cc3)cc2)s1. The second-order valence-corrected chi connectivity index (χ2v) is 6.17. The molecule has 1 heterocycles. The number of halogens is 1. The fraction of sp³-hybridized carbons (Fsp3) is 0.0625. The van der Waals surface area contributed by atoms with E-state index in [1.54, 1.807) is 24.3 Å². The first-order valence-electron chi connectivity index (χ1n) is 6.53. The van der Waals surface area contributed by atoms with Crippen LogP contribution < -0.4 is 9.61 Å². The van der Waals surface area contributed by atoms with Crippen molar-refractivity contribution in [1.29, 1.82) is 0 Å². The van der Waals surface area contributed by atoms with Gasteiger partial charge in [0.15, 0.2) is 0 Å². The highest BCUT2D eigenvalue weighted by molar-refractivity contribution is 7.09. The van der Waals surface area contributed by atoms with Gasteiger partial charge >= 0.3 is 4.87 Å². The van der Waals surface area contributed by atoms with E-state index in [9.17, 15) is 9.90 Å². The Morgan fingerprint density at radius 3 is 2.18 bits per heavy atom. The molecular formula is C16H12ClNO3S. The second kappa shape index (κ2) is 6.25. The van der Waals surface area contributed by atoms with E-state index in [1.807, 2.05) is 24.3 Å². The van der Waals surface area contributed by atoms with Crippen LogP contribution in [0.3, 0.4) is 0 Å². The van der Waals surface area contributed by atoms with E-state index < -0.39 is 0 Å². The Hall–Kier alpha value is -2.24. The van der Waals surface area contributed by atoms with Crippen molar-refractivity contribution in [3.05, 3.63) is 73.7 Å².